The Bertz CT molecular complexity index is 1020. The number of H-pyrrole nitrogens is 1. The number of primary amides is 1. The number of aromatic nitrogens is 1. The lowest BCUT2D eigenvalue weighted by Gasteiger charge is -2.22. The Morgan fingerprint density at radius 2 is 1.39 bits per heavy atom. The fourth-order valence-corrected chi connectivity index (χ4v) is 5.35. The average molecular weight is 570 g/mol. The van der Waals surface area contributed by atoms with Gasteiger partial charge in [-0.05, 0) is 43.9 Å². The largest absolute Gasteiger partial charge is 0.368 e. The number of carbonyl (C=O) groups excluding carboxylic acids is 3. The second-order valence-corrected chi connectivity index (χ2v) is 11.4. The van der Waals surface area contributed by atoms with Crippen LogP contribution in [0.4, 0.5) is 0 Å². The van der Waals surface area contributed by atoms with Crippen molar-refractivity contribution < 1.29 is 14.4 Å². The Kier molecular flexibility index (Phi) is 17.5. The van der Waals surface area contributed by atoms with Crippen LogP contribution in [0.25, 0.3) is 10.9 Å². The summed E-state index contributed by atoms with van der Waals surface area (Å²) in [6.07, 6.45) is 20.7. The molecule has 1 heterocycles. The first kappa shape index (κ1) is 34.3. The second-order valence-electron chi connectivity index (χ2n) is 11.4. The van der Waals surface area contributed by atoms with Gasteiger partial charge in [0.2, 0.25) is 17.7 Å². The molecule has 8 heteroatoms. The van der Waals surface area contributed by atoms with Crippen molar-refractivity contribution in [2.24, 2.45) is 11.5 Å². The van der Waals surface area contributed by atoms with E-state index in [2.05, 4.69) is 22.5 Å². The van der Waals surface area contributed by atoms with E-state index >= 15 is 0 Å². The molecule has 8 nitrogen and oxygen atoms in total. The van der Waals surface area contributed by atoms with E-state index in [1.807, 2.05) is 30.5 Å². The highest BCUT2D eigenvalue weighted by Crippen LogP contribution is 2.19. The summed E-state index contributed by atoms with van der Waals surface area (Å²) in [5.74, 6) is -1.12. The van der Waals surface area contributed by atoms with E-state index in [9.17, 15) is 14.4 Å². The first-order chi connectivity index (χ1) is 20.0. The molecular formula is C33H55N5O3. The van der Waals surface area contributed by atoms with Gasteiger partial charge in [0.1, 0.15) is 12.1 Å². The number of para-hydroxylation sites is 1. The van der Waals surface area contributed by atoms with Crippen LogP contribution in [0.1, 0.15) is 122 Å². The van der Waals surface area contributed by atoms with Crippen molar-refractivity contribution in [2.45, 2.75) is 135 Å². The van der Waals surface area contributed by atoms with E-state index in [1.54, 1.807) is 0 Å². The SMILES string of the molecule is CCCCCCCCCCCCCCCC(=O)N[C@@H](CCCCN)C(=O)N[C@H](Cc1c[nH]c2ccccc12)C(N)=O. The molecule has 0 fully saturated rings. The molecular weight excluding hydrogens is 514 g/mol. The average Bonchev–Trinajstić information content (AvgIpc) is 3.37. The van der Waals surface area contributed by atoms with Gasteiger partial charge in [0, 0.05) is 29.9 Å². The molecule has 0 aliphatic rings. The van der Waals surface area contributed by atoms with Gasteiger partial charge in [0.25, 0.3) is 0 Å². The third-order valence-corrected chi connectivity index (χ3v) is 7.86. The molecule has 0 spiro atoms. The van der Waals surface area contributed by atoms with Gasteiger partial charge in [-0.25, -0.2) is 0 Å². The van der Waals surface area contributed by atoms with Crippen molar-refractivity contribution in [1.29, 1.82) is 0 Å². The van der Waals surface area contributed by atoms with Crippen LogP contribution in [0.3, 0.4) is 0 Å². The first-order valence-corrected chi connectivity index (χ1v) is 16.1. The number of rotatable bonds is 24. The molecule has 0 radical (unpaired) electrons. The molecule has 41 heavy (non-hydrogen) atoms. The lowest BCUT2D eigenvalue weighted by atomic mass is 10.0. The summed E-state index contributed by atoms with van der Waals surface area (Å²) in [7, 11) is 0. The van der Waals surface area contributed by atoms with Crippen LogP contribution >= 0.6 is 0 Å². The van der Waals surface area contributed by atoms with Crippen LogP contribution in [-0.2, 0) is 20.8 Å². The van der Waals surface area contributed by atoms with Gasteiger partial charge in [-0.1, -0.05) is 102 Å². The van der Waals surface area contributed by atoms with E-state index in [1.165, 1.54) is 64.2 Å². The summed E-state index contributed by atoms with van der Waals surface area (Å²) in [5, 5.41) is 6.68. The van der Waals surface area contributed by atoms with Crippen molar-refractivity contribution >= 4 is 28.6 Å². The number of carbonyl (C=O) groups is 3. The fraction of sp³-hybridized carbons (Fsp3) is 0.667. The molecule has 0 bridgehead atoms. The number of fused-ring (bicyclic) bond motifs is 1. The monoisotopic (exact) mass is 569 g/mol. The highest BCUT2D eigenvalue weighted by Gasteiger charge is 2.26. The standard InChI is InChI=1S/C33H55N5O3/c1-2-3-4-5-6-7-8-9-10-11-12-13-14-22-31(39)37-29(21-17-18-23-34)33(41)38-30(32(35)40)24-26-25-36-28-20-16-15-19-27(26)28/h15-16,19-20,25,29-30,36H,2-14,17-18,21-24,34H2,1H3,(H2,35,40)(H,37,39)(H,38,41)/t29-,30+/m0/s1. The minimum atomic E-state index is -0.878. The molecule has 230 valence electrons. The lowest BCUT2D eigenvalue weighted by Crippen LogP contribution is -2.53. The predicted octanol–water partition coefficient (Wildman–Crippen LogP) is 5.78. The molecule has 2 rings (SSSR count). The Hall–Kier alpha value is -2.87. The normalized spacial score (nSPS) is 12.7. The Balaban J connectivity index is 1.73. The zero-order valence-corrected chi connectivity index (χ0v) is 25.4. The van der Waals surface area contributed by atoms with Crippen molar-refractivity contribution in [1.82, 2.24) is 15.6 Å². The number of nitrogens with one attached hydrogen (secondary N) is 3. The fourth-order valence-electron chi connectivity index (χ4n) is 5.35. The topological polar surface area (TPSA) is 143 Å². The Morgan fingerprint density at radius 3 is 2.00 bits per heavy atom. The maximum Gasteiger partial charge on any atom is 0.243 e. The number of nitrogens with two attached hydrogens (primary N) is 2. The molecule has 0 aliphatic heterocycles. The molecule has 0 unspecified atom stereocenters. The van der Waals surface area contributed by atoms with E-state index in [0.717, 1.165) is 42.1 Å². The summed E-state index contributed by atoms with van der Waals surface area (Å²) < 4.78 is 0. The molecule has 0 saturated heterocycles. The summed E-state index contributed by atoms with van der Waals surface area (Å²) in [5.41, 5.74) is 13.2. The first-order valence-electron chi connectivity index (χ1n) is 16.1. The number of benzene rings is 1. The molecule has 2 atom stereocenters. The molecule has 3 amide bonds. The zero-order chi connectivity index (χ0) is 29.7. The summed E-state index contributed by atoms with van der Waals surface area (Å²) in [6.45, 7) is 2.77. The van der Waals surface area contributed by atoms with Crippen LogP contribution < -0.4 is 22.1 Å². The molecule has 1 aromatic carbocycles. The van der Waals surface area contributed by atoms with Gasteiger partial charge in [-0.2, -0.15) is 0 Å². The number of aromatic amines is 1. The van der Waals surface area contributed by atoms with E-state index in [-0.39, 0.29) is 18.2 Å². The molecule has 0 saturated carbocycles. The highest BCUT2D eigenvalue weighted by atomic mass is 16.2. The van der Waals surface area contributed by atoms with Gasteiger partial charge >= 0.3 is 0 Å². The zero-order valence-electron chi connectivity index (χ0n) is 25.4. The van der Waals surface area contributed by atoms with Gasteiger partial charge in [-0.15, -0.1) is 0 Å². The third kappa shape index (κ3) is 14.0. The Labute approximate surface area is 247 Å². The second kappa shape index (κ2) is 20.9. The Morgan fingerprint density at radius 1 is 0.780 bits per heavy atom. The van der Waals surface area contributed by atoms with E-state index in [0.29, 0.717) is 25.8 Å². The van der Waals surface area contributed by atoms with Crippen molar-refractivity contribution in [3.8, 4) is 0 Å². The summed E-state index contributed by atoms with van der Waals surface area (Å²) in [6, 6.07) is 6.18. The number of unbranched alkanes of at least 4 members (excludes halogenated alkanes) is 13. The van der Waals surface area contributed by atoms with E-state index < -0.39 is 18.0 Å². The summed E-state index contributed by atoms with van der Waals surface area (Å²) >= 11 is 0. The quantitative estimate of drug-likeness (QED) is 0.102. The van der Waals surface area contributed by atoms with E-state index in [4.69, 9.17) is 11.5 Å². The minimum absolute atomic E-state index is 0.131. The van der Waals surface area contributed by atoms with Crippen LogP contribution in [-0.4, -0.2) is 41.3 Å². The molecule has 2 aromatic rings. The van der Waals surface area contributed by atoms with Crippen LogP contribution in [0.5, 0.6) is 0 Å². The smallest absolute Gasteiger partial charge is 0.243 e. The maximum atomic E-state index is 13.2. The molecule has 7 N–H and O–H groups in total. The summed E-state index contributed by atoms with van der Waals surface area (Å²) in [4.78, 5) is 41.3. The van der Waals surface area contributed by atoms with Gasteiger partial charge in [0.05, 0.1) is 0 Å². The molecule has 1 aromatic heterocycles. The van der Waals surface area contributed by atoms with Gasteiger partial charge in [0.15, 0.2) is 0 Å². The van der Waals surface area contributed by atoms with Gasteiger partial charge in [-0.3, -0.25) is 14.4 Å². The predicted molar refractivity (Wildman–Crippen MR) is 168 cm³/mol. The van der Waals surface area contributed by atoms with Crippen molar-refractivity contribution in [2.75, 3.05) is 6.54 Å². The van der Waals surface area contributed by atoms with Crippen molar-refractivity contribution in [3.05, 3.63) is 36.0 Å². The number of hydrogen-bond donors (Lipinski definition) is 5. The van der Waals surface area contributed by atoms with Crippen LogP contribution in [0, 0.1) is 0 Å². The molecule has 0 aliphatic carbocycles. The van der Waals surface area contributed by atoms with Gasteiger partial charge < -0.3 is 27.1 Å². The highest BCUT2D eigenvalue weighted by molar-refractivity contribution is 5.92. The lowest BCUT2D eigenvalue weighted by molar-refractivity contribution is -0.131. The number of amides is 3. The van der Waals surface area contributed by atoms with Crippen LogP contribution in [0.15, 0.2) is 30.5 Å². The minimum Gasteiger partial charge on any atom is -0.368 e. The maximum absolute atomic E-state index is 13.2. The number of hydrogen-bond acceptors (Lipinski definition) is 4. The van der Waals surface area contributed by atoms with Crippen molar-refractivity contribution in [3.63, 3.8) is 0 Å². The van der Waals surface area contributed by atoms with Crippen LogP contribution in [0.2, 0.25) is 0 Å². The third-order valence-electron chi connectivity index (χ3n) is 7.86.